The Labute approximate surface area is 135 Å². The van der Waals surface area contributed by atoms with Crippen LogP contribution in [0.4, 0.5) is 10.1 Å². The molecule has 0 bridgehead atoms. The molecule has 0 aliphatic rings. The number of halogens is 1. The van der Waals surface area contributed by atoms with Gasteiger partial charge in [0.25, 0.3) is 5.91 Å². The number of benzene rings is 2. The van der Waals surface area contributed by atoms with Gasteiger partial charge in [-0.15, -0.1) is 0 Å². The van der Waals surface area contributed by atoms with Crippen LogP contribution in [0.15, 0.2) is 36.4 Å². The maximum Gasteiger partial charge on any atom is 0.255 e. The van der Waals surface area contributed by atoms with Gasteiger partial charge in [0.15, 0.2) is 11.5 Å². The number of carbonyl (C=O) groups excluding carboxylic acids is 1. The first-order chi connectivity index (χ1) is 11.0. The van der Waals surface area contributed by atoms with Gasteiger partial charge in [0, 0.05) is 5.56 Å². The van der Waals surface area contributed by atoms with Crippen molar-refractivity contribution in [2.24, 2.45) is 0 Å². The molecule has 0 saturated carbocycles. The number of rotatable bonds is 6. The van der Waals surface area contributed by atoms with Crippen molar-refractivity contribution in [1.82, 2.24) is 0 Å². The molecule has 0 radical (unpaired) electrons. The Kier molecular flexibility index (Phi) is 5.57. The lowest BCUT2D eigenvalue weighted by Crippen LogP contribution is -2.13. The van der Waals surface area contributed by atoms with Gasteiger partial charge in [0.1, 0.15) is 5.82 Å². The van der Waals surface area contributed by atoms with Gasteiger partial charge >= 0.3 is 0 Å². The molecule has 0 aromatic heterocycles. The van der Waals surface area contributed by atoms with E-state index in [0.717, 1.165) is 5.56 Å². The Morgan fingerprint density at radius 1 is 1.04 bits per heavy atom. The average molecular weight is 317 g/mol. The molecule has 2 aromatic rings. The van der Waals surface area contributed by atoms with E-state index in [4.69, 9.17) is 9.47 Å². The highest BCUT2D eigenvalue weighted by molar-refractivity contribution is 6.04. The second kappa shape index (κ2) is 7.63. The molecule has 0 fully saturated rings. The van der Waals surface area contributed by atoms with Crippen LogP contribution in [0.5, 0.6) is 11.5 Å². The van der Waals surface area contributed by atoms with Gasteiger partial charge in [0.05, 0.1) is 18.9 Å². The minimum atomic E-state index is -0.464. The molecule has 0 saturated heterocycles. The molecule has 23 heavy (non-hydrogen) atoms. The minimum Gasteiger partial charge on any atom is -0.490 e. The van der Waals surface area contributed by atoms with Crippen molar-refractivity contribution in [3.05, 3.63) is 53.3 Å². The fourth-order valence-electron chi connectivity index (χ4n) is 2.11. The van der Waals surface area contributed by atoms with E-state index in [-0.39, 0.29) is 5.69 Å². The van der Waals surface area contributed by atoms with Crippen LogP contribution in [0.1, 0.15) is 29.8 Å². The maximum atomic E-state index is 13.8. The Hall–Kier alpha value is -2.56. The lowest BCUT2D eigenvalue weighted by Gasteiger charge is -2.13. The number of aryl methyl sites for hydroxylation is 1. The first-order valence-electron chi connectivity index (χ1n) is 7.52. The van der Waals surface area contributed by atoms with Crippen LogP contribution >= 0.6 is 0 Å². The normalized spacial score (nSPS) is 10.3. The molecule has 1 N–H and O–H groups in total. The number of amides is 1. The molecule has 0 unspecified atom stereocenters. The highest BCUT2D eigenvalue weighted by atomic mass is 19.1. The lowest BCUT2D eigenvalue weighted by atomic mass is 10.1. The van der Waals surface area contributed by atoms with Crippen molar-refractivity contribution in [3.8, 4) is 11.5 Å². The summed E-state index contributed by atoms with van der Waals surface area (Å²) in [7, 11) is 0. The van der Waals surface area contributed by atoms with Crippen LogP contribution in [-0.4, -0.2) is 19.1 Å². The average Bonchev–Trinajstić information content (AvgIpc) is 2.52. The summed E-state index contributed by atoms with van der Waals surface area (Å²) >= 11 is 0. The number of ether oxygens (including phenoxy) is 2. The zero-order valence-electron chi connectivity index (χ0n) is 13.5. The van der Waals surface area contributed by atoms with E-state index in [1.54, 1.807) is 37.3 Å². The van der Waals surface area contributed by atoms with Gasteiger partial charge in [-0.3, -0.25) is 4.79 Å². The molecule has 0 aliphatic heterocycles. The van der Waals surface area contributed by atoms with Crippen molar-refractivity contribution >= 4 is 11.6 Å². The molecule has 4 nitrogen and oxygen atoms in total. The molecule has 2 rings (SSSR count). The third kappa shape index (κ3) is 4.22. The summed E-state index contributed by atoms with van der Waals surface area (Å²) in [5, 5.41) is 2.56. The van der Waals surface area contributed by atoms with Gasteiger partial charge in [-0.1, -0.05) is 6.07 Å². The summed E-state index contributed by atoms with van der Waals surface area (Å²) in [5.41, 5.74) is 1.31. The minimum absolute atomic E-state index is 0.146. The Balaban J connectivity index is 2.23. The summed E-state index contributed by atoms with van der Waals surface area (Å²) in [6.07, 6.45) is 0. The van der Waals surface area contributed by atoms with Crippen LogP contribution < -0.4 is 14.8 Å². The van der Waals surface area contributed by atoms with E-state index in [1.807, 2.05) is 13.8 Å². The van der Waals surface area contributed by atoms with E-state index in [0.29, 0.717) is 30.3 Å². The third-order valence-corrected chi connectivity index (χ3v) is 3.18. The second-order valence-electron chi connectivity index (χ2n) is 4.96. The standard InChI is InChI=1S/C18H20FNO3/c1-4-22-16-9-7-13(11-17(16)23-5-2)18(21)20-15-8-6-12(3)10-14(15)19/h6-11H,4-5H2,1-3H3,(H,20,21). The van der Waals surface area contributed by atoms with Crippen LogP contribution in [0.25, 0.3) is 0 Å². The molecule has 0 aliphatic carbocycles. The van der Waals surface area contributed by atoms with Gasteiger partial charge in [-0.05, 0) is 56.7 Å². The maximum absolute atomic E-state index is 13.8. The van der Waals surface area contributed by atoms with Crippen molar-refractivity contribution in [2.45, 2.75) is 20.8 Å². The van der Waals surface area contributed by atoms with Crippen LogP contribution in [-0.2, 0) is 0 Å². The third-order valence-electron chi connectivity index (χ3n) is 3.18. The predicted octanol–water partition coefficient (Wildman–Crippen LogP) is 4.18. The van der Waals surface area contributed by atoms with Crippen molar-refractivity contribution < 1.29 is 18.7 Å². The summed E-state index contributed by atoms with van der Waals surface area (Å²) in [4.78, 5) is 12.3. The van der Waals surface area contributed by atoms with E-state index >= 15 is 0 Å². The van der Waals surface area contributed by atoms with Gasteiger partial charge in [-0.2, -0.15) is 0 Å². The van der Waals surface area contributed by atoms with E-state index in [2.05, 4.69) is 5.32 Å². The SMILES string of the molecule is CCOc1ccc(C(=O)Nc2ccc(C)cc2F)cc1OCC. The molecule has 0 spiro atoms. The monoisotopic (exact) mass is 317 g/mol. The molecule has 122 valence electrons. The highest BCUT2D eigenvalue weighted by Gasteiger charge is 2.13. The van der Waals surface area contributed by atoms with Crippen molar-refractivity contribution in [1.29, 1.82) is 0 Å². The fourth-order valence-corrected chi connectivity index (χ4v) is 2.11. The van der Waals surface area contributed by atoms with Crippen molar-refractivity contribution in [2.75, 3.05) is 18.5 Å². The van der Waals surface area contributed by atoms with Crippen LogP contribution in [0, 0.1) is 12.7 Å². The van der Waals surface area contributed by atoms with Gasteiger partial charge in [0.2, 0.25) is 0 Å². The van der Waals surface area contributed by atoms with Gasteiger partial charge < -0.3 is 14.8 Å². The van der Waals surface area contributed by atoms with E-state index in [9.17, 15) is 9.18 Å². The second-order valence-corrected chi connectivity index (χ2v) is 4.96. The number of carbonyl (C=O) groups is 1. The first kappa shape index (κ1) is 16.8. The largest absolute Gasteiger partial charge is 0.490 e. The van der Waals surface area contributed by atoms with Gasteiger partial charge in [-0.25, -0.2) is 4.39 Å². The van der Waals surface area contributed by atoms with E-state index < -0.39 is 11.7 Å². The summed E-state index contributed by atoms with van der Waals surface area (Å²) in [6.45, 7) is 6.47. The Bertz CT molecular complexity index is 701. The number of anilines is 1. The quantitative estimate of drug-likeness (QED) is 0.869. The van der Waals surface area contributed by atoms with Crippen LogP contribution in [0.2, 0.25) is 0 Å². The van der Waals surface area contributed by atoms with Crippen molar-refractivity contribution in [3.63, 3.8) is 0 Å². The fraction of sp³-hybridized carbons (Fsp3) is 0.278. The zero-order chi connectivity index (χ0) is 16.8. The summed E-state index contributed by atoms with van der Waals surface area (Å²) < 4.78 is 24.8. The topological polar surface area (TPSA) is 47.6 Å². The van der Waals surface area contributed by atoms with E-state index in [1.165, 1.54) is 6.07 Å². The molecule has 0 heterocycles. The molecular formula is C18H20FNO3. The predicted molar refractivity (Wildman–Crippen MR) is 87.9 cm³/mol. The number of hydrogen-bond acceptors (Lipinski definition) is 3. The molecule has 2 aromatic carbocycles. The summed E-state index contributed by atoms with van der Waals surface area (Å²) in [6, 6.07) is 9.54. The Morgan fingerprint density at radius 3 is 2.39 bits per heavy atom. The smallest absolute Gasteiger partial charge is 0.255 e. The first-order valence-corrected chi connectivity index (χ1v) is 7.52. The zero-order valence-corrected chi connectivity index (χ0v) is 13.5. The summed E-state index contributed by atoms with van der Waals surface area (Å²) in [5.74, 6) is 0.199. The highest BCUT2D eigenvalue weighted by Crippen LogP contribution is 2.29. The lowest BCUT2D eigenvalue weighted by molar-refractivity contribution is 0.102. The molecular weight excluding hydrogens is 297 g/mol. The molecule has 1 amide bonds. The number of nitrogens with one attached hydrogen (secondary N) is 1. The van der Waals surface area contributed by atoms with Crippen LogP contribution in [0.3, 0.4) is 0 Å². The molecule has 0 atom stereocenters. The number of hydrogen-bond donors (Lipinski definition) is 1. The molecule has 5 heteroatoms. The Morgan fingerprint density at radius 2 is 1.74 bits per heavy atom.